The van der Waals surface area contributed by atoms with Crippen LogP contribution in [-0.4, -0.2) is 30.2 Å². The quantitative estimate of drug-likeness (QED) is 0.534. The molecule has 0 bridgehead atoms. The van der Waals surface area contributed by atoms with Crippen LogP contribution in [0.15, 0.2) is 65.6 Å². The van der Waals surface area contributed by atoms with E-state index < -0.39 is 33.5 Å². The van der Waals surface area contributed by atoms with Gasteiger partial charge in [0.05, 0.1) is 22.9 Å². The lowest BCUT2D eigenvalue weighted by atomic mass is 9.96. The van der Waals surface area contributed by atoms with E-state index in [0.29, 0.717) is 16.5 Å². The zero-order valence-electron chi connectivity index (χ0n) is 18.5. The van der Waals surface area contributed by atoms with Gasteiger partial charge in [-0.15, -0.1) is 0 Å². The number of hydrogen-bond acceptors (Lipinski definition) is 5. The summed E-state index contributed by atoms with van der Waals surface area (Å²) < 4.78 is 33.5. The molecule has 1 heterocycles. The van der Waals surface area contributed by atoms with E-state index in [1.807, 2.05) is 25.1 Å². The summed E-state index contributed by atoms with van der Waals surface area (Å²) in [6.45, 7) is 7.08. The molecule has 1 aliphatic heterocycles. The maximum absolute atomic E-state index is 13.6. The number of nitrogens with zero attached hydrogens (tertiary/aromatic N) is 1. The van der Waals surface area contributed by atoms with E-state index in [-0.39, 0.29) is 11.3 Å². The molecule has 1 aliphatic rings. The Kier molecular flexibility index (Phi) is 5.33. The molecule has 0 saturated heterocycles. The Morgan fingerprint density at radius 1 is 1.00 bits per heavy atom. The Bertz CT molecular complexity index is 1320. The summed E-state index contributed by atoms with van der Waals surface area (Å²) in [5.41, 5.74) is 0.992. The van der Waals surface area contributed by atoms with Gasteiger partial charge in [-0.05, 0) is 56.2 Å². The molecule has 166 valence electrons. The number of ether oxygens (including phenoxy) is 1. The van der Waals surface area contributed by atoms with Gasteiger partial charge in [-0.1, -0.05) is 54.1 Å². The molecule has 32 heavy (non-hydrogen) atoms. The summed E-state index contributed by atoms with van der Waals surface area (Å²) in [7, 11) is -4.20. The molecule has 6 nitrogen and oxygen atoms in total. The van der Waals surface area contributed by atoms with Crippen LogP contribution < -0.4 is 0 Å². The van der Waals surface area contributed by atoms with Crippen molar-refractivity contribution < 1.29 is 22.7 Å². The number of sulfonamides is 1. The lowest BCUT2D eigenvalue weighted by Crippen LogP contribution is -2.36. The summed E-state index contributed by atoms with van der Waals surface area (Å²) >= 11 is 0. The van der Waals surface area contributed by atoms with Crippen LogP contribution in [0.1, 0.15) is 54.7 Å². The van der Waals surface area contributed by atoms with Crippen LogP contribution in [0.4, 0.5) is 0 Å². The van der Waals surface area contributed by atoms with E-state index in [1.165, 1.54) is 12.1 Å². The molecule has 1 atom stereocenters. The van der Waals surface area contributed by atoms with Crippen molar-refractivity contribution in [1.29, 1.82) is 0 Å². The van der Waals surface area contributed by atoms with Crippen molar-refractivity contribution >= 4 is 32.7 Å². The fraction of sp³-hybridized carbons (Fsp3) is 0.280. The molecule has 0 aliphatic carbocycles. The van der Waals surface area contributed by atoms with Crippen molar-refractivity contribution in [3.05, 3.63) is 77.4 Å². The van der Waals surface area contributed by atoms with Gasteiger partial charge in [0, 0.05) is 0 Å². The summed E-state index contributed by atoms with van der Waals surface area (Å²) in [4.78, 5) is 26.3. The number of benzene rings is 3. The Labute approximate surface area is 187 Å². The summed E-state index contributed by atoms with van der Waals surface area (Å²) in [5.74, 6) is -1.20. The maximum Gasteiger partial charge on any atom is 0.308 e. The highest BCUT2D eigenvalue weighted by molar-refractivity contribution is 7.89. The Morgan fingerprint density at radius 2 is 1.66 bits per heavy atom. The standard InChI is InChI=1S/C25H25NO5S/c1-16-9-12-18(13-10-16)32(29,30)26-21(15-22(27)31-25(2,3)4)20-14-11-17-7-5-6-8-19(17)23(20)24(26)28/h5-14,21H,15H2,1-4H3. The van der Waals surface area contributed by atoms with E-state index in [2.05, 4.69) is 0 Å². The zero-order valence-corrected chi connectivity index (χ0v) is 19.3. The van der Waals surface area contributed by atoms with Crippen molar-refractivity contribution in [1.82, 2.24) is 4.31 Å². The molecule has 1 amide bonds. The third-order valence-electron chi connectivity index (χ3n) is 5.38. The molecular weight excluding hydrogens is 426 g/mol. The van der Waals surface area contributed by atoms with Crippen molar-refractivity contribution in [3.8, 4) is 0 Å². The highest BCUT2D eigenvalue weighted by atomic mass is 32.2. The molecule has 0 fully saturated rings. The van der Waals surface area contributed by atoms with Gasteiger partial charge in [0.15, 0.2) is 0 Å². The van der Waals surface area contributed by atoms with Crippen LogP contribution in [0, 0.1) is 6.92 Å². The number of carbonyl (C=O) groups is 2. The molecular formula is C25H25NO5S. The molecule has 0 N–H and O–H groups in total. The summed E-state index contributed by atoms with van der Waals surface area (Å²) in [6, 6.07) is 16.2. The summed E-state index contributed by atoms with van der Waals surface area (Å²) in [5, 5.41) is 1.48. The van der Waals surface area contributed by atoms with E-state index in [4.69, 9.17) is 4.74 Å². The molecule has 7 heteroatoms. The monoisotopic (exact) mass is 451 g/mol. The van der Waals surface area contributed by atoms with Crippen LogP contribution in [0.5, 0.6) is 0 Å². The van der Waals surface area contributed by atoms with E-state index in [1.54, 1.807) is 51.1 Å². The normalized spacial score (nSPS) is 16.3. The molecule has 3 aromatic rings. The average Bonchev–Trinajstić information content (AvgIpc) is 2.99. The number of rotatable bonds is 4. The minimum atomic E-state index is -4.20. The molecule has 3 aromatic carbocycles. The minimum absolute atomic E-state index is 0.00255. The predicted octanol–water partition coefficient (Wildman–Crippen LogP) is 4.77. The number of hydrogen-bond donors (Lipinski definition) is 0. The molecule has 0 aromatic heterocycles. The number of aryl methyl sites for hydroxylation is 1. The van der Waals surface area contributed by atoms with Crippen LogP contribution >= 0.6 is 0 Å². The smallest absolute Gasteiger partial charge is 0.308 e. The van der Waals surface area contributed by atoms with Crippen molar-refractivity contribution in [3.63, 3.8) is 0 Å². The van der Waals surface area contributed by atoms with Crippen LogP contribution in [0.2, 0.25) is 0 Å². The van der Waals surface area contributed by atoms with Gasteiger partial charge in [0.1, 0.15) is 5.60 Å². The van der Waals surface area contributed by atoms with Gasteiger partial charge < -0.3 is 4.74 Å². The molecule has 0 radical (unpaired) electrons. The third kappa shape index (κ3) is 3.88. The molecule has 4 rings (SSSR count). The Balaban J connectivity index is 1.86. The van der Waals surface area contributed by atoms with Crippen molar-refractivity contribution in [2.75, 3.05) is 0 Å². The van der Waals surface area contributed by atoms with Gasteiger partial charge in [0.25, 0.3) is 15.9 Å². The molecule has 0 spiro atoms. The first-order valence-electron chi connectivity index (χ1n) is 10.4. The lowest BCUT2D eigenvalue weighted by molar-refractivity contribution is -0.155. The van der Waals surface area contributed by atoms with Crippen molar-refractivity contribution in [2.45, 2.75) is 50.7 Å². The average molecular weight is 452 g/mol. The van der Waals surface area contributed by atoms with Crippen LogP contribution in [-0.2, 0) is 19.6 Å². The van der Waals surface area contributed by atoms with E-state index in [0.717, 1.165) is 15.3 Å². The second-order valence-corrected chi connectivity index (χ2v) is 10.8. The second-order valence-electron chi connectivity index (χ2n) is 8.98. The highest BCUT2D eigenvalue weighted by Gasteiger charge is 2.46. The fourth-order valence-electron chi connectivity index (χ4n) is 4.02. The first-order chi connectivity index (χ1) is 15.0. The van der Waals surface area contributed by atoms with Gasteiger partial charge >= 0.3 is 5.97 Å². The zero-order chi connectivity index (χ0) is 23.3. The van der Waals surface area contributed by atoms with Gasteiger partial charge in [0.2, 0.25) is 0 Å². The van der Waals surface area contributed by atoms with Gasteiger partial charge in [-0.2, -0.15) is 0 Å². The Morgan fingerprint density at radius 3 is 2.31 bits per heavy atom. The third-order valence-corrected chi connectivity index (χ3v) is 7.18. The van der Waals surface area contributed by atoms with Crippen molar-refractivity contribution in [2.24, 2.45) is 0 Å². The SMILES string of the molecule is Cc1ccc(S(=O)(=O)N2C(=O)c3c(ccc4ccccc34)C2CC(=O)OC(C)(C)C)cc1. The largest absolute Gasteiger partial charge is 0.460 e. The lowest BCUT2D eigenvalue weighted by Gasteiger charge is -2.26. The van der Waals surface area contributed by atoms with E-state index >= 15 is 0 Å². The number of carbonyl (C=O) groups excluding carboxylic acids is 2. The number of esters is 1. The maximum atomic E-state index is 13.6. The van der Waals surface area contributed by atoms with Gasteiger partial charge in [-0.3, -0.25) is 9.59 Å². The predicted molar refractivity (Wildman–Crippen MR) is 122 cm³/mol. The highest BCUT2D eigenvalue weighted by Crippen LogP contribution is 2.43. The Hall–Kier alpha value is -3.19. The summed E-state index contributed by atoms with van der Waals surface area (Å²) in [6.07, 6.45) is -0.264. The number of fused-ring (bicyclic) bond motifs is 3. The van der Waals surface area contributed by atoms with Crippen LogP contribution in [0.3, 0.4) is 0 Å². The van der Waals surface area contributed by atoms with Gasteiger partial charge in [-0.25, -0.2) is 12.7 Å². The second kappa shape index (κ2) is 7.74. The van der Waals surface area contributed by atoms with E-state index in [9.17, 15) is 18.0 Å². The minimum Gasteiger partial charge on any atom is -0.460 e. The first kappa shape index (κ1) is 22.0. The first-order valence-corrected chi connectivity index (χ1v) is 11.8. The molecule has 1 unspecified atom stereocenters. The fourth-order valence-corrected chi connectivity index (χ4v) is 5.56. The number of amides is 1. The topological polar surface area (TPSA) is 80.8 Å². The molecule has 0 saturated carbocycles. The van der Waals surface area contributed by atoms with Crippen LogP contribution in [0.25, 0.3) is 10.8 Å².